The first kappa shape index (κ1) is 21.9. The van der Waals surface area contributed by atoms with Gasteiger partial charge in [-0.15, -0.1) is 11.8 Å². The summed E-state index contributed by atoms with van der Waals surface area (Å²) in [5.74, 6) is 0.151. The first-order chi connectivity index (χ1) is 13.0. The molecule has 2 aliphatic carbocycles. The summed E-state index contributed by atoms with van der Waals surface area (Å²) < 4.78 is 6.00. The van der Waals surface area contributed by atoms with Crippen molar-refractivity contribution in [3.05, 3.63) is 0 Å². The average Bonchev–Trinajstić information content (AvgIpc) is 3.06. The van der Waals surface area contributed by atoms with Crippen LogP contribution in [0.4, 0.5) is 0 Å². The summed E-state index contributed by atoms with van der Waals surface area (Å²) in [4.78, 5) is 17.9. The first-order valence-corrected chi connectivity index (χ1v) is 12.5. The van der Waals surface area contributed by atoms with Crippen molar-refractivity contribution in [3.63, 3.8) is 0 Å². The Kier molecular flexibility index (Phi) is 8.76. The number of fused-ring (bicyclic) bond motifs is 1. The van der Waals surface area contributed by atoms with E-state index in [1.165, 1.54) is 38.5 Å². The van der Waals surface area contributed by atoms with Gasteiger partial charge in [-0.3, -0.25) is 10.1 Å². The zero-order valence-corrected chi connectivity index (χ0v) is 19.3. The van der Waals surface area contributed by atoms with Crippen molar-refractivity contribution < 1.29 is 9.53 Å². The molecule has 4 unspecified atom stereocenters. The van der Waals surface area contributed by atoms with Crippen molar-refractivity contribution in [2.45, 2.75) is 85.5 Å². The minimum atomic E-state index is 0.0995. The molecule has 5 nitrogen and oxygen atoms in total. The number of amides is 1. The van der Waals surface area contributed by atoms with E-state index in [0.29, 0.717) is 16.1 Å². The molecule has 7 heteroatoms. The van der Waals surface area contributed by atoms with Gasteiger partial charge in [0.25, 0.3) is 0 Å². The van der Waals surface area contributed by atoms with Gasteiger partial charge in [0.15, 0.2) is 0 Å². The third-order valence-electron chi connectivity index (χ3n) is 5.99. The van der Waals surface area contributed by atoms with E-state index in [4.69, 9.17) is 4.74 Å². The van der Waals surface area contributed by atoms with Crippen molar-refractivity contribution in [1.82, 2.24) is 15.1 Å². The molecule has 27 heavy (non-hydrogen) atoms. The van der Waals surface area contributed by atoms with Crippen molar-refractivity contribution in [2.75, 3.05) is 33.8 Å². The molecule has 0 aromatic heterocycles. The summed E-state index contributed by atoms with van der Waals surface area (Å²) in [5.41, 5.74) is 0.0995. The van der Waals surface area contributed by atoms with Crippen LogP contribution < -0.4 is 5.32 Å². The number of carbonyl (C=O) groups excluding carboxylic acids is 1. The average molecular weight is 462 g/mol. The largest absolute Gasteiger partial charge is 0.368 e. The molecule has 0 bridgehead atoms. The van der Waals surface area contributed by atoms with E-state index in [0.717, 1.165) is 32.4 Å². The summed E-state index contributed by atoms with van der Waals surface area (Å²) >= 11 is 5.74. The van der Waals surface area contributed by atoms with Gasteiger partial charge >= 0.3 is 0 Å². The molecule has 156 valence electrons. The fraction of sp³-hybridized carbons (Fsp3) is 0.950. The lowest BCUT2D eigenvalue weighted by Gasteiger charge is -2.30. The van der Waals surface area contributed by atoms with Crippen LogP contribution >= 0.6 is 27.7 Å². The molecule has 0 radical (unpaired) electrons. The van der Waals surface area contributed by atoms with E-state index in [1.54, 1.807) is 0 Å². The lowest BCUT2D eigenvalue weighted by atomic mass is 9.95. The van der Waals surface area contributed by atoms with Crippen molar-refractivity contribution >= 4 is 33.6 Å². The number of carbonyl (C=O) groups is 1. The number of rotatable bonds is 8. The predicted molar refractivity (Wildman–Crippen MR) is 116 cm³/mol. The molecule has 3 rings (SSSR count). The highest BCUT2D eigenvalue weighted by Gasteiger charge is 2.41. The maximum atomic E-state index is 13.0. The van der Waals surface area contributed by atoms with Crippen LogP contribution in [-0.4, -0.2) is 77.2 Å². The smallest absolute Gasteiger partial charge is 0.250 e. The molecule has 1 aliphatic heterocycles. The molecule has 0 aromatic rings. The molecule has 1 heterocycles. The molecule has 0 aromatic carbocycles. The van der Waals surface area contributed by atoms with Crippen LogP contribution in [-0.2, 0) is 9.53 Å². The van der Waals surface area contributed by atoms with E-state index in [-0.39, 0.29) is 24.1 Å². The molecular formula is C20H36BrN3O2S. The van der Waals surface area contributed by atoms with Gasteiger partial charge in [0.05, 0.1) is 6.10 Å². The Morgan fingerprint density at radius 1 is 1.15 bits per heavy atom. The van der Waals surface area contributed by atoms with Crippen molar-refractivity contribution in [3.8, 4) is 0 Å². The number of halogens is 1. The molecule has 1 saturated heterocycles. The first-order valence-electron chi connectivity index (χ1n) is 10.6. The van der Waals surface area contributed by atoms with Crippen molar-refractivity contribution in [2.24, 2.45) is 0 Å². The number of alkyl halides is 1. The van der Waals surface area contributed by atoms with Gasteiger partial charge in [0, 0.05) is 22.7 Å². The summed E-state index contributed by atoms with van der Waals surface area (Å²) in [6.45, 7) is 2.04. The van der Waals surface area contributed by atoms with E-state index in [9.17, 15) is 4.79 Å². The molecular weight excluding hydrogens is 426 g/mol. The second kappa shape index (κ2) is 10.8. The number of hydrogen-bond acceptors (Lipinski definition) is 5. The highest BCUT2D eigenvalue weighted by molar-refractivity contribution is 9.09. The Balaban J connectivity index is 1.55. The number of nitrogens with zero attached hydrogens (tertiary/aromatic N) is 2. The molecule has 4 atom stereocenters. The van der Waals surface area contributed by atoms with Gasteiger partial charge in [-0.2, -0.15) is 0 Å². The van der Waals surface area contributed by atoms with Gasteiger partial charge < -0.3 is 14.5 Å². The van der Waals surface area contributed by atoms with E-state index >= 15 is 0 Å². The van der Waals surface area contributed by atoms with Crippen LogP contribution in [0.3, 0.4) is 0 Å². The van der Waals surface area contributed by atoms with Crippen LogP contribution in [0.1, 0.15) is 57.8 Å². The van der Waals surface area contributed by atoms with Crippen LogP contribution in [0.15, 0.2) is 0 Å². The quantitative estimate of drug-likeness (QED) is 0.560. The standard InChI is InChI=1S/C20H36BrN3O2S/c1-23(2)11-6-12-24(19(25)14-26-16-7-4-3-5-8-16)20-22-17-10-9-15(21)13-18(17)27-20/h15-18,20,22H,3-14H2,1-2H3. The van der Waals surface area contributed by atoms with Crippen LogP contribution in [0.25, 0.3) is 0 Å². The molecule has 1 N–H and O–H groups in total. The Morgan fingerprint density at radius 2 is 1.93 bits per heavy atom. The minimum absolute atomic E-state index is 0.0995. The third kappa shape index (κ3) is 6.59. The number of nitrogens with one attached hydrogen (secondary N) is 1. The molecule has 3 fully saturated rings. The zero-order chi connectivity index (χ0) is 19.2. The Labute approximate surface area is 177 Å². The van der Waals surface area contributed by atoms with Gasteiger partial charge in [0.2, 0.25) is 5.91 Å². The summed E-state index contributed by atoms with van der Waals surface area (Å²) in [7, 11) is 4.18. The Morgan fingerprint density at radius 3 is 2.67 bits per heavy atom. The second-order valence-electron chi connectivity index (χ2n) is 8.53. The van der Waals surface area contributed by atoms with Gasteiger partial charge in [-0.25, -0.2) is 0 Å². The normalized spacial score (nSPS) is 31.9. The summed E-state index contributed by atoms with van der Waals surface area (Å²) in [6.07, 6.45) is 10.9. The second-order valence-corrected chi connectivity index (χ2v) is 11.1. The monoisotopic (exact) mass is 461 g/mol. The van der Waals surface area contributed by atoms with Crippen molar-refractivity contribution in [1.29, 1.82) is 0 Å². The topological polar surface area (TPSA) is 44.8 Å². The lowest BCUT2D eigenvalue weighted by molar-refractivity contribution is -0.140. The highest BCUT2D eigenvalue weighted by Crippen LogP contribution is 2.40. The summed E-state index contributed by atoms with van der Waals surface area (Å²) in [6, 6.07) is 0.539. The maximum absolute atomic E-state index is 13.0. The predicted octanol–water partition coefficient (Wildman–Crippen LogP) is 3.42. The Hall–Kier alpha value is 0.180. The summed E-state index contributed by atoms with van der Waals surface area (Å²) in [5, 5.41) is 4.36. The number of thioether (sulfide) groups is 1. The molecule has 2 saturated carbocycles. The van der Waals surface area contributed by atoms with Crippen LogP contribution in [0, 0.1) is 0 Å². The Bertz CT molecular complexity index is 476. The van der Waals surface area contributed by atoms with E-state index < -0.39 is 0 Å². The molecule has 0 spiro atoms. The molecule has 3 aliphatic rings. The van der Waals surface area contributed by atoms with Gasteiger partial charge in [0.1, 0.15) is 12.1 Å². The maximum Gasteiger partial charge on any atom is 0.250 e. The van der Waals surface area contributed by atoms with Crippen LogP contribution in [0.2, 0.25) is 0 Å². The van der Waals surface area contributed by atoms with E-state index in [2.05, 4.69) is 45.1 Å². The zero-order valence-electron chi connectivity index (χ0n) is 16.9. The fourth-order valence-corrected chi connectivity index (χ4v) is 7.02. The van der Waals surface area contributed by atoms with Gasteiger partial charge in [-0.05, 0) is 59.2 Å². The number of ether oxygens (including phenoxy) is 1. The molecule has 1 amide bonds. The van der Waals surface area contributed by atoms with Gasteiger partial charge in [-0.1, -0.05) is 35.2 Å². The van der Waals surface area contributed by atoms with Crippen LogP contribution in [0.5, 0.6) is 0 Å². The fourth-order valence-electron chi connectivity index (χ4n) is 4.41. The third-order valence-corrected chi connectivity index (χ3v) is 8.34. The van der Waals surface area contributed by atoms with E-state index in [1.807, 2.05) is 11.8 Å². The SMILES string of the molecule is CN(C)CCCN(C(=O)COC1CCCCC1)C1NC2CCC(Br)CC2S1. The number of hydrogen-bond donors (Lipinski definition) is 1. The minimum Gasteiger partial charge on any atom is -0.368 e. The lowest BCUT2D eigenvalue weighted by Crippen LogP contribution is -2.49. The highest BCUT2D eigenvalue weighted by atomic mass is 79.9.